The van der Waals surface area contributed by atoms with E-state index in [1.807, 2.05) is 18.2 Å². The summed E-state index contributed by atoms with van der Waals surface area (Å²) in [5, 5.41) is 0. The van der Waals surface area contributed by atoms with Gasteiger partial charge in [-0.2, -0.15) is 0 Å². The Morgan fingerprint density at radius 1 is 1.47 bits per heavy atom. The van der Waals surface area contributed by atoms with E-state index in [0.29, 0.717) is 0 Å². The summed E-state index contributed by atoms with van der Waals surface area (Å²) in [5.41, 5.74) is 1.90. The van der Waals surface area contributed by atoms with Crippen LogP contribution in [0.15, 0.2) is 22.7 Å². The van der Waals surface area contributed by atoms with Crippen molar-refractivity contribution in [2.75, 3.05) is 18.0 Å². The molecule has 1 saturated carbocycles. The molecule has 0 aliphatic heterocycles. The van der Waals surface area contributed by atoms with Crippen LogP contribution in [0, 0.1) is 5.92 Å². The Balaban J connectivity index is 2.30. The summed E-state index contributed by atoms with van der Waals surface area (Å²) in [6.45, 7) is 5.82. The SMILES string of the molecule is CCN(CC1CC1)c1ccc(Br)cc1C(C)=O. The molecule has 0 heterocycles. The van der Waals surface area contributed by atoms with Gasteiger partial charge in [0, 0.05) is 28.8 Å². The summed E-state index contributed by atoms with van der Waals surface area (Å²) < 4.78 is 0.967. The van der Waals surface area contributed by atoms with Gasteiger partial charge < -0.3 is 4.90 Å². The van der Waals surface area contributed by atoms with Gasteiger partial charge in [-0.1, -0.05) is 15.9 Å². The summed E-state index contributed by atoms with van der Waals surface area (Å²) in [6.07, 6.45) is 2.67. The van der Waals surface area contributed by atoms with Crippen molar-refractivity contribution >= 4 is 27.4 Å². The highest BCUT2D eigenvalue weighted by Crippen LogP contribution is 2.33. The monoisotopic (exact) mass is 295 g/mol. The number of hydrogen-bond acceptors (Lipinski definition) is 2. The number of benzene rings is 1. The molecule has 0 atom stereocenters. The fourth-order valence-electron chi connectivity index (χ4n) is 2.08. The first-order valence-corrected chi connectivity index (χ1v) is 6.96. The van der Waals surface area contributed by atoms with Crippen LogP contribution in [0.1, 0.15) is 37.0 Å². The predicted molar refractivity (Wildman–Crippen MR) is 74.8 cm³/mol. The van der Waals surface area contributed by atoms with Gasteiger partial charge in [0.1, 0.15) is 0 Å². The predicted octanol–water partition coefficient (Wildman–Crippen LogP) is 3.89. The summed E-state index contributed by atoms with van der Waals surface area (Å²) in [5.74, 6) is 0.967. The lowest BCUT2D eigenvalue weighted by atomic mass is 10.1. The quantitative estimate of drug-likeness (QED) is 0.768. The molecule has 1 aromatic carbocycles. The normalized spacial score (nSPS) is 14.8. The van der Waals surface area contributed by atoms with Crippen molar-refractivity contribution < 1.29 is 4.79 Å². The molecule has 1 fully saturated rings. The van der Waals surface area contributed by atoms with Crippen molar-refractivity contribution in [3.8, 4) is 0 Å². The van der Waals surface area contributed by atoms with Gasteiger partial charge in [0.2, 0.25) is 0 Å². The lowest BCUT2D eigenvalue weighted by Crippen LogP contribution is -2.26. The molecule has 0 radical (unpaired) electrons. The molecular formula is C14H18BrNO. The van der Waals surface area contributed by atoms with Crippen LogP contribution in [0.2, 0.25) is 0 Å². The minimum atomic E-state index is 0.135. The lowest BCUT2D eigenvalue weighted by Gasteiger charge is -2.25. The molecule has 1 aliphatic carbocycles. The first-order chi connectivity index (χ1) is 8.11. The highest BCUT2D eigenvalue weighted by atomic mass is 79.9. The average Bonchev–Trinajstić information content (AvgIpc) is 3.10. The second-order valence-corrected chi connectivity index (χ2v) is 5.62. The van der Waals surface area contributed by atoms with Crippen LogP contribution in [0.25, 0.3) is 0 Å². The van der Waals surface area contributed by atoms with E-state index in [2.05, 4.69) is 27.8 Å². The van der Waals surface area contributed by atoms with Crippen LogP contribution in [-0.4, -0.2) is 18.9 Å². The first-order valence-electron chi connectivity index (χ1n) is 6.17. The number of carbonyl (C=O) groups excluding carboxylic acids is 1. The number of carbonyl (C=O) groups is 1. The average molecular weight is 296 g/mol. The molecule has 3 heteroatoms. The molecule has 1 aliphatic rings. The number of anilines is 1. The standard InChI is InChI=1S/C14H18BrNO/c1-3-16(9-11-4-5-11)14-7-6-12(15)8-13(14)10(2)17/h6-8,11H,3-5,9H2,1-2H3. The van der Waals surface area contributed by atoms with E-state index < -0.39 is 0 Å². The maximum atomic E-state index is 11.7. The van der Waals surface area contributed by atoms with E-state index in [0.717, 1.165) is 34.7 Å². The Hall–Kier alpha value is -0.830. The maximum absolute atomic E-state index is 11.7. The van der Waals surface area contributed by atoms with Gasteiger partial charge in [-0.05, 0) is 50.8 Å². The zero-order valence-electron chi connectivity index (χ0n) is 10.4. The molecule has 0 bridgehead atoms. The number of halogens is 1. The molecule has 0 spiro atoms. The fraction of sp³-hybridized carbons (Fsp3) is 0.500. The van der Waals surface area contributed by atoms with E-state index >= 15 is 0 Å². The molecule has 92 valence electrons. The molecule has 2 rings (SSSR count). The Bertz CT molecular complexity index is 426. The van der Waals surface area contributed by atoms with Crippen molar-refractivity contribution in [1.82, 2.24) is 0 Å². The smallest absolute Gasteiger partial charge is 0.161 e. The third kappa shape index (κ3) is 3.09. The van der Waals surface area contributed by atoms with E-state index in [4.69, 9.17) is 0 Å². The summed E-state index contributed by atoms with van der Waals surface area (Å²) in [6, 6.07) is 5.98. The number of rotatable bonds is 5. The third-order valence-electron chi connectivity index (χ3n) is 3.24. The molecule has 0 saturated heterocycles. The van der Waals surface area contributed by atoms with E-state index in [1.165, 1.54) is 12.8 Å². The van der Waals surface area contributed by atoms with Gasteiger partial charge in [-0.25, -0.2) is 0 Å². The fourth-order valence-corrected chi connectivity index (χ4v) is 2.44. The molecule has 0 unspecified atom stereocenters. The zero-order valence-corrected chi connectivity index (χ0v) is 12.0. The van der Waals surface area contributed by atoms with Crippen LogP contribution in [0.3, 0.4) is 0 Å². The third-order valence-corrected chi connectivity index (χ3v) is 3.73. The van der Waals surface area contributed by atoms with E-state index in [-0.39, 0.29) is 5.78 Å². The van der Waals surface area contributed by atoms with Gasteiger partial charge in [0.15, 0.2) is 5.78 Å². The second-order valence-electron chi connectivity index (χ2n) is 4.70. The second kappa shape index (κ2) is 5.21. The molecule has 17 heavy (non-hydrogen) atoms. The van der Waals surface area contributed by atoms with E-state index in [1.54, 1.807) is 6.92 Å². The summed E-state index contributed by atoms with van der Waals surface area (Å²) in [4.78, 5) is 14.0. The van der Waals surface area contributed by atoms with Crippen molar-refractivity contribution in [2.45, 2.75) is 26.7 Å². The highest BCUT2D eigenvalue weighted by molar-refractivity contribution is 9.10. The molecule has 0 N–H and O–H groups in total. The molecule has 0 amide bonds. The van der Waals surface area contributed by atoms with Crippen LogP contribution >= 0.6 is 15.9 Å². The first kappa shape index (κ1) is 12.6. The van der Waals surface area contributed by atoms with Crippen molar-refractivity contribution in [1.29, 1.82) is 0 Å². The van der Waals surface area contributed by atoms with Crippen molar-refractivity contribution in [3.05, 3.63) is 28.2 Å². The molecular weight excluding hydrogens is 278 g/mol. The van der Waals surface area contributed by atoms with Gasteiger partial charge in [-0.15, -0.1) is 0 Å². The Kier molecular flexibility index (Phi) is 3.87. The van der Waals surface area contributed by atoms with E-state index in [9.17, 15) is 4.79 Å². The van der Waals surface area contributed by atoms with Crippen molar-refractivity contribution in [3.63, 3.8) is 0 Å². The molecule has 2 nitrogen and oxygen atoms in total. The van der Waals surface area contributed by atoms with Crippen LogP contribution in [0.5, 0.6) is 0 Å². The number of Topliss-reactive ketones (excluding diaryl/α,β-unsaturated/α-hetero) is 1. The van der Waals surface area contributed by atoms with Crippen LogP contribution < -0.4 is 4.90 Å². The van der Waals surface area contributed by atoms with Crippen LogP contribution in [0.4, 0.5) is 5.69 Å². The lowest BCUT2D eigenvalue weighted by molar-refractivity contribution is 0.101. The topological polar surface area (TPSA) is 20.3 Å². The van der Waals surface area contributed by atoms with Gasteiger partial charge in [0.05, 0.1) is 0 Å². The van der Waals surface area contributed by atoms with Crippen LogP contribution in [-0.2, 0) is 0 Å². The summed E-state index contributed by atoms with van der Waals surface area (Å²) in [7, 11) is 0. The Morgan fingerprint density at radius 3 is 2.71 bits per heavy atom. The number of nitrogens with zero attached hydrogens (tertiary/aromatic N) is 1. The largest absolute Gasteiger partial charge is 0.371 e. The number of hydrogen-bond donors (Lipinski definition) is 0. The minimum Gasteiger partial charge on any atom is -0.371 e. The Labute approximate surface area is 111 Å². The highest BCUT2D eigenvalue weighted by Gasteiger charge is 2.25. The number of ketones is 1. The molecule has 1 aromatic rings. The van der Waals surface area contributed by atoms with Gasteiger partial charge in [0.25, 0.3) is 0 Å². The Morgan fingerprint density at radius 2 is 2.18 bits per heavy atom. The minimum absolute atomic E-state index is 0.135. The molecule has 0 aromatic heterocycles. The maximum Gasteiger partial charge on any atom is 0.161 e. The summed E-state index contributed by atoms with van der Waals surface area (Å²) >= 11 is 3.43. The van der Waals surface area contributed by atoms with Gasteiger partial charge in [-0.3, -0.25) is 4.79 Å². The van der Waals surface area contributed by atoms with Crippen molar-refractivity contribution in [2.24, 2.45) is 5.92 Å². The zero-order chi connectivity index (χ0) is 12.4. The van der Waals surface area contributed by atoms with Gasteiger partial charge >= 0.3 is 0 Å².